The van der Waals surface area contributed by atoms with Gasteiger partial charge in [-0.25, -0.2) is 8.78 Å². The zero-order chi connectivity index (χ0) is 16.0. The van der Waals surface area contributed by atoms with Gasteiger partial charge in [0.25, 0.3) is 0 Å². The van der Waals surface area contributed by atoms with Crippen LogP contribution in [-0.4, -0.2) is 0 Å². The van der Waals surface area contributed by atoms with Gasteiger partial charge in [-0.05, 0) is 90.3 Å². The third-order valence-electron chi connectivity index (χ3n) is 5.26. The summed E-state index contributed by atoms with van der Waals surface area (Å²) < 4.78 is 27.0. The smallest absolute Gasteiger partial charge is 0.159 e. The summed E-state index contributed by atoms with van der Waals surface area (Å²) in [5.41, 5.74) is 0. The highest BCUT2D eigenvalue weighted by atomic mass is 19.2. The van der Waals surface area contributed by atoms with Gasteiger partial charge in [-0.1, -0.05) is 24.3 Å². The van der Waals surface area contributed by atoms with E-state index in [0.717, 1.165) is 21.5 Å². The molecule has 24 heavy (non-hydrogen) atoms. The van der Waals surface area contributed by atoms with E-state index in [2.05, 4.69) is 36.4 Å². The van der Waals surface area contributed by atoms with Crippen LogP contribution in [0.3, 0.4) is 0 Å². The number of benzene rings is 4. The molecule has 0 aliphatic rings. The van der Waals surface area contributed by atoms with Gasteiger partial charge in [-0.15, -0.1) is 0 Å². The summed E-state index contributed by atoms with van der Waals surface area (Å²) in [6.45, 7) is 0. The molecule has 0 fully saturated rings. The maximum absolute atomic E-state index is 13.5. The van der Waals surface area contributed by atoms with Gasteiger partial charge in [0.2, 0.25) is 0 Å². The van der Waals surface area contributed by atoms with Crippen LogP contribution in [0, 0.1) is 11.6 Å². The van der Waals surface area contributed by atoms with Crippen LogP contribution < -0.4 is 0 Å². The van der Waals surface area contributed by atoms with Crippen molar-refractivity contribution in [3.63, 3.8) is 0 Å². The molecule has 112 valence electrons. The third-order valence-corrected chi connectivity index (χ3v) is 5.26. The molecule has 0 bridgehead atoms. The summed E-state index contributed by atoms with van der Waals surface area (Å²) in [5, 5.41) is 11.0. The van der Waals surface area contributed by atoms with Gasteiger partial charge >= 0.3 is 0 Å². The first-order chi connectivity index (χ1) is 11.7. The molecule has 0 amide bonds. The molecule has 0 unspecified atom stereocenters. The molecule has 0 heterocycles. The molecule has 0 N–H and O–H groups in total. The van der Waals surface area contributed by atoms with Gasteiger partial charge in [0.1, 0.15) is 0 Å². The second-order valence-electron chi connectivity index (χ2n) is 6.50. The normalized spacial score (nSPS) is 12.6. The minimum absolute atomic E-state index is 0.784. The molecule has 0 spiro atoms. The Labute approximate surface area is 135 Å². The van der Waals surface area contributed by atoms with Crippen molar-refractivity contribution in [3.8, 4) is 0 Å². The van der Waals surface area contributed by atoms with E-state index in [0.29, 0.717) is 0 Å². The lowest BCUT2D eigenvalue weighted by Crippen LogP contribution is -1.93. The second kappa shape index (κ2) is 3.90. The van der Waals surface area contributed by atoms with Crippen LogP contribution in [0.15, 0.2) is 60.7 Å². The van der Waals surface area contributed by atoms with Gasteiger partial charge in [0.05, 0.1) is 0 Å². The highest BCUT2D eigenvalue weighted by Gasteiger charge is 2.18. The molecular weight excluding hydrogens is 302 g/mol. The van der Waals surface area contributed by atoms with Crippen molar-refractivity contribution < 1.29 is 8.78 Å². The van der Waals surface area contributed by atoms with Crippen LogP contribution in [0.2, 0.25) is 0 Å². The average Bonchev–Trinajstić information content (AvgIpc) is 2.60. The second-order valence-corrected chi connectivity index (χ2v) is 6.50. The average molecular weight is 312 g/mol. The zero-order valence-corrected chi connectivity index (χ0v) is 12.5. The van der Waals surface area contributed by atoms with E-state index in [9.17, 15) is 8.78 Å². The van der Waals surface area contributed by atoms with Crippen molar-refractivity contribution in [1.82, 2.24) is 0 Å². The predicted molar refractivity (Wildman–Crippen MR) is 96.3 cm³/mol. The summed E-state index contributed by atoms with van der Waals surface area (Å²) in [4.78, 5) is 0. The SMILES string of the molecule is Fc1cc2c(cc1F)c1cc3c4cc5ccccc5cc4c3cc21. The summed E-state index contributed by atoms with van der Waals surface area (Å²) in [7, 11) is 0. The van der Waals surface area contributed by atoms with Gasteiger partial charge in [0.15, 0.2) is 11.6 Å². The predicted octanol–water partition coefficient (Wildman–Crippen LogP) is 6.61. The standard InChI is InChI=1S/C22H10F2/c23-21-9-19-17-7-15-13-5-11-3-1-2-4-12(11)6-14(13)16(15)8-18(17)20(19)10-22(21)24/h1-10H. The first-order valence-corrected chi connectivity index (χ1v) is 7.92. The maximum Gasteiger partial charge on any atom is 0.159 e. The van der Waals surface area contributed by atoms with E-state index in [1.807, 2.05) is 12.1 Å². The number of hydrogen-bond acceptors (Lipinski definition) is 0. The Balaban J connectivity index is 1.75. The van der Waals surface area contributed by atoms with Crippen molar-refractivity contribution in [3.05, 3.63) is 72.3 Å². The third kappa shape index (κ3) is 1.33. The summed E-state index contributed by atoms with van der Waals surface area (Å²) in [6.07, 6.45) is 0. The van der Waals surface area contributed by atoms with Crippen molar-refractivity contribution >= 4 is 53.9 Å². The van der Waals surface area contributed by atoms with Crippen LogP contribution in [0.4, 0.5) is 8.78 Å². The van der Waals surface area contributed by atoms with Crippen molar-refractivity contribution in [2.24, 2.45) is 0 Å². The number of fused-ring (bicyclic) bond motifs is 9. The lowest BCUT2D eigenvalue weighted by atomic mass is 9.85. The largest absolute Gasteiger partial charge is 0.204 e. The van der Waals surface area contributed by atoms with E-state index in [4.69, 9.17) is 0 Å². The van der Waals surface area contributed by atoms with Crippen molar-refractivity contribution in [2.45, 2.75) is 0 Å². The molecule has 6 aromatic carbocycles. The highest BCUT2D eigenvalue weighted by Crippen LogP contribution is 2.45. The minimum Gasteiger partial charge on any atom is -0.204 e. The van der Waals surface area contributed by atoms with E-state index in [-0.39, 0.29) is 0 Å². The molecule has 0 aliphatic carbocycles. The Kier molecular flexibility index (Phi) is 2.02. The molecule has 0 saturated carbocycles. The molecule has 0 radical (unpaired) electrons. The molecule has 0 aliphatic heterocycles. The van der Waals surface area contributed by atoms with Crippen LogP contribution in [0.1, 0.15) is 0 Å². The highest BCUT2D eigenvalue weighted by molar-refractivity contribution is 6.35. The minimum atomic E-state index is -0.784. The molecule has 0 saturated heterocycles. The monoisotopic (exact) mass is 312 g/mol. The fraction of sp³-hybridized carbons (Fsp3) is 0. The Morgan fingerprint density at radius 3 is 1.17 bits per heavy atom. The summed E-state index contributed by atoms with van der Waals surface area (Å²) >= 11 is 0. The summed E-state index contributed by atoms with van der Waals surface area (Å²) in [5.74, 6) is -1.57. The number of hydrogen-bond donors (Lipinski definition) is 0. The lowest BCUT2D eigenvalue weighted by molar-refractivity contribution is 0.511. The molecule has 6 aromatic rings. The summed E-state index contributed by atoms with van der Waals surface area (Å²) in [6, 6.07) is 19.6. The number of halogens is 2. The van der Waals surface area contributed by atoms with E-state index in [1.54, 1.807) is 0 Å². The van der Waals surface area contributed by atoms with Gasteiger partial charge in [0, 0.05) is 0 Å². The van der Waals surface area contributed by atoms with Crippen LogP contribution in [0.25, 0.3) is 53.9 Å². The number of rotatable bonds is 0. The van der Waals surface area contributed by atoms with E-state index >= 15 is 0 Å². The zero-order valence-electron chi connectivity index (χ0n) is 12.5. The Bertz CT molecular complexity index is 1300. The molecule has 6 rings (SSSR count). The fourth-order valence-electron chi connectivity index (χ4n) is 4.04. The van der Waals surface area contributed by atoms with E-state index < -0.39 is 11.6 Å². The maximum atomic E-state index is 13.5. The quantitative estimate of drug-likeness (QED) is 0.296. The molecular formula is C22H10F2. The van der Waals surface area contributed by atoms with Gasteiger partial charge < -0.3 is 0 Å². The van der Waals surface area contributed by atoms with Crippen molar-refractivity contribution in [1.29, 1.82) is 0 Å². The van der Waals surface area contributed by atoms with E-state index in [1.165, 1.54) is 44.5 Å². The molecule has 2 heteroatoms. The molecule has 0 aromatic heterocycles. The molecule has 0 nitrogen and oxygen atoms in total. The first kappa shape index (κ1) is 12.4. The van der Waals surface area contributed by atoms with Crippen LogP contribution >= 0.6 is 0 Å². The van der Waals surface area contributed by atoms with Crippen LogP contribution in [0.5, 0.6) is 0 Å². The fourth-order valence-corrected chi connectivity index (χ4v) is 4.04. The van der Waals surface area contributed by atoms with Gasteiger partial charge in [-0.2, -0.15) is 0 Å². The van der Waals surface area contributed by atoms with Crippen molar-refractivity contribution in [2.75, 3.05) is 0 Å². The Morgan fingerprint density at radius 2 is 0.750 bits per heavy atom. The molecule has 0 atom stereocenters. The Hall–Kier alpha value is -3.00. The van der Waals surface area contributed by atoms with Gasteiger partial charge in [-0.3, -0.25) is 0 Å². The van der Waals surface area contributed by atoms with Crippen LogP contribution in [-0.2, 0) is 0 Å². The lowest BCUT2D eigenvalue weighted by Gasteiger charge is -2.18. The topological polar surface area (TPSA) is 0 Å². The first-order valence-electron chi connectivity index (χ1n) is 7.92. The Morgan fingerprint density at radius 1 is 0.417 bits per heavy atom.